The van der Waals surface area contributed by atoms with Gasteiger partial charge < -0.3 is 20.1 Å². The van der Waals surface area contributed by atoms with Gasteiger partial charge in [-0.25, -0.2) is 4.79 Å². The molecule has 0 unspecified atom stereocenters. The van der Waals surface area contributed by atoms with Crippen LogP contribution in [0.1, 0.15) is 31.7 Å². The van der Waals surface area contributed by atoms with E-state index in [9.17, 15) is 22.8 Å². The highest BCUT2D eigenvalue weighted by atomic mass is 19.4. The summed E-state index contributed by atoms with van der Waals surface area (Å²) in [4.78, 5) is 24.7. The molecule has 2 N–H and O–H groups in total. The molecule has 1 aliphatic heterocycles. The van der Waals surface area contributed by atoms with E-state index in [0.717, 1.165) is 12.1 Å². The van der Waals surface area contributed by atoms with Gasteiger partial charge in [-0.15, -0.1) is 0 Å². The lowest BCUT2D eigenvalue weighted by Gasteiger charge is -2.30. The van der Waals surface area contributed by atoms with Crippen LogP contribution in [-0.4, -0.2) is 41.7 Å². The van der Waals surface area contributed by atoms with Gasteiger partial charge in [-0.05, 0) is 37.5 Å². The van der Waals surface area contributed by atoms with Crippen LogP contribution in [0.25, 0.3) is 0 Å². The minimum Gasteiger partial charge on any atom is -0.491 e. The number of rotatable bonds is 5. The SMILES string of the molecule is CCCOc1ccc(C(F)(F)F)cc1NC(=O)N1CCC(C(=O)O)CC1. The summed E-state index contributed by atoms with van der Waals surface area (Å²) in [6.45, 7) is 2.62. The molecule has 26 heavy (non-hydrogen) atoms. The molecule has 0 bridgehead atoms. The van der Waals surface area contributed by atoms with E-state index >= 15 is 0 Å². The number of nitrogens with zero attached hydrogens (tertiary/aromatic N) is 1. The fourth-order valence-corrected chi connectivity index (χ4v) is 2.67. The fraction of sp³-hybridized carbons (Fsp3) is 0.529. The van der Waals surface area contributed by atoms with E-state index in [2.05, 4.69) is 5.32 Å². The highest BCUT2D eigenvalue weighted by molar-refractivity contribution is 5.91. The van der Waals surface area contributed by atoms with Crippen molar-refractivity contribution in [3.8, 4) is 5.75 Å². The molecular formula is C17H21F3N2O4. The Morgan fingerprint density at radius 2 is 1.96 bits per heavy atom. The Balaban J connectivity index is 2.13. The van der Waals surface area contributed by atoms with Crippen molar-refractivity contribution >= 4 is 17.7 Å². The van der Waals surface area contributed by atoms with Crippen LogP contribution >= 0.6 is 0 Å². The van der Waals surface area contributed by atoms with Crippen LogP contribution in [0.4, 0.5) is 23.7 Å². The standard InChI is InChI=1S/C17H21F3N2O4/c1-2-9-26-14-4-3-12(17(18,19)20)10-13(14)21-16(25)22-7-5-11(6-8-22)15(23)24/h3-4,10-11H,2,5-9H2,1H3,(H,21,25)(H,23,24). The summed E-state index contributed by atoms with van der Waals surface area (Å²) in [5, 5.41) is 11.4. The number of aliphatic carboxylic acids is 1. The van der Waals surface area contributed by atoms with Gasteiger partial charge in [0.2, 0.25) is 0 Å². The number of carbonyl (C=O) groups excluding carboxylic acids is 1. The number of halogens is 3. The van der Waals surface area contributed by atoms with E-state index in [4.69, 9.17) is 9.84 Å². The zero-order chi connectivity index (χ0) is 19.3. The first-order valence-corrected chi connectivity index (χ1v) is 8.35. The Kier molecular flexibility index (Phi) is 6.33. The van der Waals surface area contributed by atoms with Gasteiger partial charge in [0.15, 0.2) is 0 Å². The van der Waals surface area contributed by atoms with E-state index < -0.39 is 29.7 Å². The molecule has 6 nitrogen and oxygen atoms in total. The van der Waals surface area contributed by atoms with E-state index in [1.165, 1.54) is 11.0 Å². The number of hydrogen-bond donors (Lipinski definition) is 2. The lowest BCUT2D eigenvalue weighted by molar-refractivity contribution is -0.143. The first-order valence-electron chi connectivity index (χ1n) is 8.35. The second kappa shape index (κ2) is 8.29. The van der Waals surface area contributed by atoms with Crippen LogP contribution in [0, 0.1) is 5.92 Å². The number of urea groups is 1. The second-order valence-corrected chi connectivity index (χ2v) is 6.09. The predicted molar refractivity (Wildman–Crippen MR) is 88.2 cm³/mol. The number of nitrogens with one attached hydrogen (secondary N) is 1. The van der Waals surface area contributed by atoms with E-state index in [0.29, 0.717) is 25.9 Å². The van der Waals surface area contributed by atoms with Crippen LogP contribution in [0.5, 0.6) is 5.75 Å². The van der Waals surface area contributed by atoms with Gasteiger partial charge in [0, 0.05) is 13.1 Å². The summed E-state index contributed by atoms with van der Waals surface area (Å²) >= 11 is 0. The Morgan fingerprint density at radius 3 is 2.50 bits per heavy atom. The largest absolute Gasteiger partial charge is 0.491 e. The van der Waals surface area contributed by atoms with E-state index in [1.807, 2.05) is 6.92 Å². The monoisotopic (exact) mass is 374 g/mol. The Labute approximate surface area is 148 Å². The average molecular weight is 374 g/mol. The van der Waals surface area contributed by atoms with E-state index in [1.54, 1.807) is 0 Å². The maximum Gasteiger partial charge on any atom is 0.416 e. The third-order valence-corrected chi connectivity index (χ3v) is 4.14. The molecule has 1 saturated heterocycles. The van der Waals surface area contributed by atoms with Crippen LogP contribution in [-0.2, 0) is 11.0 Å². The van der Waals surface area contributed by atoms with Crippen LogP contribution < -0.4 is 10.1 Å². The summed E-state index contributed by atoms with van der Waals surface area (Å²) in [7, 11) is 0. The smallest absolute Gasteiger partial charge is 0.416 e. The zero-order valence-electron chi connectivity index (χ0n) is 14.3. The van der Waals surface area contributed by atoms with Crippen LogP contribution in [0.2, 0.25) is 0 Å². The summed E-state index contributed by atoms with van der Waals surface area (Å²) in [5.41, 5.74) is -0.945. The number of piperidine rings is 1. The number of carboxylic acid groups (broad SMARTS) is 1. The Bertz CT molecular complexity index is 656. The molecule has 0 radical (unpaired) electrons. The van der Waals surface area contributed by atoms with Crippen molar-refractivity contribution in [2.45, 2.75) is 32.4 Å². The number of hydrogen-bond acceptors (Lipinski definition) is 3. The molecule has 0 saturated carbocycles. The number of benzene rings is 1. The maximum atomic E-state index is 12.9. The number of alkyl halides is 3. The van der Waals surface area contributed by atoms with Gasteiger partial charge in [-0.2, -0.15) is 13.2 Å². The van der Waals surface area contributed by atoms with Crippen molar-refractivity contribution in [3.05, 3.63) is 23.8 Å². The molecule has 1 fully saturated rings. The van der Waals surface area contributed by atoms with Gasteiger partial charge >= 0.3 is 18.2 Å². The summed E-state index contributed by atoms with van der Waals surface area (Å²) in [6.07, 6.45) is -3.26. The van der Waals surface area contributed by atoms with Gasteiger partial charge in [-0.1, -0.05) is 6.92 Å². The summed E-state index contributed by atoms with van der Waals surface area (Å²) < 4.78 is 44.2. The van der Waals surface area contributed by atoms with E-state index in [-0.39, 0.29) is 24.5 Å². The van der Waals surface area contributed by atoms with Crippen molar-refractivity contribution in [2.75, 3.05) is 25.0 Å². The third kappa shape index (κ3) is 5.03. The molecule has 0 aromatic heterocycles. The first kappa shape index (κ1) is 19.9. The lowest BCUT2D eigenvalue weighted by Crippen LogP contribution is -2.42. The molecule has 2 rings (SSSR count). The Morgan fingerprint density at radius 1 is 1.31 bits per heavy atom. The topological polar surface area (TPSA) is 78.9 Å². The lowest BCUT2D eigenvalue weighted by atomic mass is 9.97. The first-order chi connectivity index (χ1) is 12.2. The van der Waals surface area contributed by atoms with Crippen LogP contribution in [0.15, 0.2) is 18.2 Å². The molecular weight excluding hydrogens is 353 g/mol. The Hall–Kier alpha value is -2.45. The summed E-state index contributed by atoms with van der Waals surface area (Å²) in [6, 6.07) is 2.35. The quantitative estimate of drug-likeness (QED) is 0.821. The highest BCUT2D eigenvalue weighted by Gasteiger charge is 2.32. The van der Waals surface area contributed by atoms with Crippen molar-refractivity contribution in [1.29, 1.82) is 0 Å². The molecule has 2 amide bonds. The van der Waals surface area contributed by atoms with Gasteiger partial charge in [0.25, 0.3) is 0 Å². The van der Waals surface area contributed by atoms with Gasteiger partial charge in [-0.3, -0.25) is 4.79 Å². The second-order valence-electron chi connectivity index (χ2n) is 6.09. The highest BCUT2D eigenvalue weighted by Crippen LogP contribution is 2.35. The van der Waals surface area contributed by atoms with Crippen LogP contribution in [0.3, 0.4) is 0 Å². The fourth-order valence-electron chi connectivity index (χ4n) is 2.67. The molecule has 144 valence electrons. The van der Waals surface area contributed by atoms with Gasteiger partial charge in [0.1, 0.15) is 5.75 Å². The normalized spacial score (nSPS) is 15.6. The van der Waals surface area contributed by atoms with Crippen molar-refractivity contribution in [3.63, 3.8) is 0 Å². The zero-order valence-corrected chi connectivity index (χ0v) is 14.3. The van der Waals surface area contributed by atoms with Crippen molar-refractivity contribution in [2.24, 2.45) is 5.92 Å². The number of likely N-dealkylation sites (tertiary alicyclic amines) is 1. The number of amides is 2. The van der Waals surface area contributed by atoms with Gasteiger partial charge in [0.05, 0.1) is 23.8 Å². The average Bonchev–Trinajstić information content (AvgIpc) is 2.59. The minimum atomic E-state index is -4.54. The molecule has 9 heteroatoms. The number of carboxylic acids is 1. The molecule has 0 aliphatic carbocycles. The maximum absolute atomic E-state index is 12.9. The van der Waals surface area contributed by atoms with Crippen molar-refractivity contribution < 1.29 is 32.6 Å². The van der Waals surface area contributed by atoms with Crippen molar-refractivity contribution in [1.82, 2.24) is 4.90 Å². The number of ether oxygens (including phenoxy) is 1. The molecule has 1 aliphatic rings. The number of carbonyl (C=O) groups is 2. The third-order valence-electron chi connectivity index (χ3n) is 4.14. The molecule has 0 atom stereocenters. The number of anilines is 1. The minimum absolute atomic E-state index is 0.0568. The summed E-state index contributed by atoms with van der Waals surface area (Å²) in [5.74, 6) is -1.25. The molecule has 0 spiro atoms. The molecule has 1 aromatic rings. The molecule has 1 heterocycles. The molecule has 1 aromatic carbocycles. The predicted octanol–water partition coefficient (Wildman–Crippen LogP) is 3.82.